The molecule has 0 bridgehead atoms. The topological polar surface area (TPSA) is 79.8 Å². The number of carbonyl (C=O) groups excluding carboxylic acids is 2. The van der Waals surface area contributed by atoms with Gasteiger partial charge in [-0.1, -0.05) is 24.3 Å². The third-order valence-corrected chi connectivity index (χ3v) is 3.36. The number of rotatable bonds is 8. The Morgan fingerprint density at radius 1 is 1.11 bits per heavy atom. The molecule has 2 N–H and O–H groups in total. The van der Waals surface area contributed by atoms with Gasteiger partial charge in [0.25, 0.3) is 0 Å². The fourth-order valence-electron chi connectivity index (χ4n) is 2.18. The molecule has 27 heavy (non-hydrogen) atoms. The predicted octanol–water partition coefficient (Wildman–Crippen LogP) is 3.48. The van der Waals surface area contributed by atoms with Gasteiger partial charge in [0.05, 0.1) is 18.0 Å². The summed E-state index contributed by atoms with van der Waals surface area (Å²) in [7, 11) is 0. The number of hydrogen-bond acceptors (Lipinski definition) is 4. The standard InChI is InChI=1S/C20H22FN3O3/c1-14(2)27-16-7-5-6-15(12-16)13-22-24-20(26)11-10-19(25)23-18-9-4-3-8-17(18)21/h3-9,12-14H,10-11H2,1-2H3,(H,23,25)(H,24,26). The minimum Gasteiger partial charge on any atom is -0.491 e. The summed E-state index contributed by atoms with van der Waals surface area (Å²) in [6, 6.07) is 13.1. The van der Waals surface area contributed by atoms with Gasteiger partial charge in [-0.3, -0.25) is 9.59 Å². The highest BCUT2D eigenvalue weighted by atomic mass is 19.1. The minimum absolute atomic E-state index is 0.0614. The molecule has 0 saturated carbocycles. The maximum Gasteiger partial charge on any atom is 0.240 e. The molecule has 0 aliphatic carbocycles. The molecule has 0 saturated heterocycles. The minimum atomic E-state index is -0.524. The number of benzene rings is 2. The SMILES string of the molecule is CC(C)Oc1cccc(C=NNC(=O)CCC(=O)Nc2ccccc2F)c1. The first-order valence-corrected chi connectivity index (χ1v) is 8.57. The third kappa shape index (κ3) is 7.27. The van der Waals surface area contributed by atoms with Crippen molar-refractivity contribution in [2.24, 2.45) is 5.10 Å². The number of nitrogens with zero attached hydrogens (tertiary/aromatic N) is 1. The molecule has 6 nitrogen and oxygen atoms in total. The number of halogens is 1. The Hall–Kier alpha value is -3.22. The number of amides is 2. The van der Waals surface area contributed by atoms with Crippen LogP contribution in [0.15, 0.2) is 53.6 Å². The lowest BCUT2D eigenvalue weighted by molar-refractivity contribution is -0.124. The lowest BCUT2D eigenvalue weighted by atomic mass is 10.2. The van der Waals surface area contributed by atoms with Crippen molar-refractivity contribution < 1.29 is 18.7 Å². The van der Waals surface area contributed by atoms with E-state index in [-0.39, 0.29) is 24.6 Å². The van der Waals surface area contributed by atoms with Crippen molar-refractivity contribution in [2.75, 3.05) is 5.32 Å². The van der Waals surface area contributed by atoms with Gasteiger partial charge in [0.1, 0.15) is 11.6 Å². The summed E-state index contributed by atoms with van der Waals surface area (Å²) in [6.45, 7) is 3.87. The summed E-state index contributed by atoms with van der Waals surface area (Å²) in [5, 5.41) is 6.29. The number of para-hydroxylation sites is 1. The van der Waals surface area contributed by atoms with Gasteiger partial charge < -0.3 is 10.1 Å². The molecule has 0 radical (unpaired) electrons. The van der Waals surface area contributed by atoms with Gasteiger partial charge in [0, 0.05) is 12.8 Å². The first-order valence-electron chi connectivity index (χ1n) is 8.57. The summed E-state index contributed by atoms with van der Waals surface area (Å²) in [5.74, 6) is -0.670. The number of nitrogens with one attached hydrogen (secondary N) is 2. The third-order valence-electron chi connectivity index (χ3n) is 3.36. The summed E-state index contributed by atoms with van der Waals surface area (Å²) in [5.41, 5.74) is 3.21. The zero-order valence-electron chi connectivity index (χ0n) is 15.2. The van der Waals surface area contributed by atoms with E-state index in [1.54, 1.807) is 12.1 Å². The molecule has 0 heterocycles. The monoisotopic (exact) mass is 371 g/mol. The van der Waals surface area contributed by atoms with Gasteiger partial charge in [0.15, 0.2) is 0 Å². The number of anilines is 1. The largest absolute Gasteiger partial charge is 0.491 e. The van der Waals surface area contributed by atoms with Crippen LogP contribution >= 0.6 is 0 Å². The van der Waals surface area contributed by atoms with E-state index in [4.69, 9.17) is 4.74 Å². The summed E-state index contributed by atoms with van der Waals surface area (Å²) >= 11 is 0. The highest BCUT2D eigenvalue weighted by molar-refractivity contribution is 5.93. The van der Waals surface area contributed by atoms with E-state index in [0.717, 1.165) is 5.56 Å². The fourth-order valence-corrected chi connectivity index (χ4v) is 2.18. The number of ether oxygens (including phenoxy) is 1. The Morgan fingerprint density at radius 3 is 2.59 bits per heavy atom. The van der Waals surface area contributed by atoms with E-state index in [1.807, 2.05) is 32.0 Å². The Kier molecular flexibility index (Phi) is 7.49. The molecule has 0 spiro atoms. The van der Waals surface area contributed by atoms with Crippen molar-refractivity contribution in [3.63, 3.8) is 0 Å². The molecule has 2 rings (SSSR count). The van der Waals surface area contributed by atoms with E-state index in [0.29, 0.717) is 5.75 Å². The molecule has 7 heteroatoms. The average molecular weight is 371 g/mol. The Balaban J connectivity index is 1.76. The molecule has 2 amide bonds. The van der Waals surface area contributed by atoms with Gasteiger partial charge in [-0.25, -0.2) is 9.82 Å². The molecule has 0 unspecified atom stereocenters. The number of hydrogen-bond donors (Lipinski definition) is 2. The van der Waals surface area contributed by atoms with E-state index in [1.165, 1.54) is 24.4 Å². The highest BCUT2D eigenvalue weighted by Crippen LogP contribution is 2.14. The van der Waals surface area contributed by atoms with E-state index < -0.39 is 17.6 Å². The van der Waals surface area contributed by atoms with Crippen LogP contribution in [0.5, 0.6) is 5.75 Å². The molecule has 2 aromatic rings. The van der Waals surface area contributed by atoms with Crippen molar-refractivity contribution in [3.05, 3.63) is 59.9 Å². The first-order chi connectivity index (χ1) is 12.9. The van der Waals surface area contributed by atoms with E-state index >= 15 is 0 Å². The Bertz CT molecular complexity index is 822. The van der Waals surface area contributed by atoms with Gasteiger partial charge in [-0.2, -0.15) is 5.10 Å². The van der Waals surface area contributed by atoms with Gasteiger partial charge in [0.2, 0.25) is 11.8 Å². The van der Waals surface area contributed by atoms with Crippen LogP contribution in [0.2, 0.25) is 0 Å². The van der Waals surface area contributed by atoms with E-state index in [9.17, 15) is 14.0 Å². The molecular formula is C20H22FN3O3. The molecular weight excluding hydrogens is 349 g/mol. The zero-order valence-corrected chi connectivity index (χ0v) is 15.2. The molecule has 2 aromatic carbocycles. The lowest BCUT2D eigenvalue weighted by Gasteiger charge is -2.09. The van der Waals surface area contributed by atoms with Crippen LogP contribution in [0.25, 0.3) is 0 Å². The van der Waals surface area contributed by atoms with Crippen LogP contribution in [0, 0.1) is 5.82 Å². The van der Waals surface area contributed by atoms with Gasteiger partial charge in [-0.15, -0.1) is 0 Å². The van der Waals surface area contributed by atoms with Crippen molar-refractivity contribution in [3.8, 4) is 5.75 Å². The van der Waals surface area contributed by atoms with Crippen LogP contribution in [0.4, 0.5) is 10.1 Å². The normalized spacial score (nSPS) is 10.8. The van der Waals surface area contributed by atoms with Crippen LogP contribution < -0.4 is 15.5 Å². The molecule has 0 aliphatic rings. The molecule has 0 atom stereocenters. The van der Waals surface area contributed by atoms with Crippen molar-refractivity contribution in [2.45, 2.75) is 32.8 Å². The second kappa shape index (κ2) is 10.1. The Morgan fingerprint density at radius 2 is 1.85 bits per heavy atom. The molecule has 0 aromatic heterocycles. The Labute approximate surface area is 157 Å². The van der Waals surface area contributed by atoms with Gasteiger partial charge in [-0.05, 0) is 43.7 Å². The van der Waals surface area contributed by atoms with Crippen molar-refractivity contribution >= 4 is 23.7 Å². The quantitative estimate of drug-likeness (QED) is 0.551. The molecule has 0 aliphatic heterocycles. The predicted molar refractivity (Wildman–Crippen MR) is 102 cm³/mol. The maximum atomic E-state index is 13.5. The molecule has 142 valence electrons. The van der Waals surface area contributed by atoms with Crippen molar-refractivity contribution in [1.82, 2.24) is 5.43 Å². The smallest absolute Gasteiger partial charge is 0.240 e. The van der Waals surface area contributed by atoms with E-state index in [2.05, 4.69) is 15.8 Å². The zero-order chi connectivity index (χ0) is 19.6. The van der Waals surface area contributed by atoms with Crippen LogP contribution in [-0.4, -0.2) is 24.1 Å². The molecule has 0 fully saturated rings. The fraction of sp³-hybridized carbons (Fsp3) is 0.250. The summed E-state index contributed by atoms with van der Waals surface area (Å²) in [4.78, 5) is 23.5. The lowest BCUT2D eigenvalue weighted by Crippen LogP contribution is -2.21. The van der Waals surface area contributed by atoms with Crippen LogP contribution in [0.1, 0.15) is 32.3 Å². The summed E-state index contributed by atoms with van der Waals surface area (Å²) < 4.78 is 19.0. The second-order valence-electron chi connectivity index (χ2n) is 6.06. The number of hydrazone groups is 1. The second-order valence-corrected chi connectivity index (χ2v) is 6.06. The first kappa shape index (κ1) is 20.1. The number of carbonyl (C=O) groups is 2. The maximum absolute atomic E-state index is 13.5. The van der Waals surface area contributed by atoms with Crippen LogP contribution in [-0.2, 0) is 9.59 Å². The van der Waals surface area contributed by atoms with Crippen molar-refractivity contribution in [1.29, 1.82) is 0 Å². The highest BCUT2D eigenvalue weighted by Gasteiger charge is 2.09. The van der Waals surface area contributed by atoms with Crippen LogP contribution in [0.3, 0.4) is 0 Å². The van der Waals surface area contributed by atoms with Gasteiger partial charge >= 0.3 is 0 Å². The average Bonchev–Trinajstić information content (AvgIpc) is 2.62. The summed E-state index contributed by atoms with van der Waals surface area (Å²) in [6.07, 6.45) is 1.42.